The van der Waals surface area contributed by atoms with Crippen LogP contribution in [-0.4, -0.2) is 42.3 Å². The first-order valence-corrected chi connectivity index (χ1v) is 7.94. The zero-order valence-electron chi connectivity index (χ0n) is 14.1. The number of ether oxygens (including phenoxy) is 1. The zero-order valence-corrected chi connectivity index (χ0v) is 14.1. The Hall–Kier alpha value is -1.76. The first-order chi connectivity index (χ1) is 11.1. The normalized spacial score (nSPS) is 20.8. The van der Waals surface area contributed by atoms with E-state index in [0.717, 1.165) is 6.07 Å². The molecule has 4 nitrogen and oxygen atoms in total. The molecule has 1 heterocycles. The van der Waals surface area contributed by atoms with Gasteiger partial charge >= 0.3 is 12.2 Å². The van der Waals surface area contributed by atoms with Gasteiger partial charge in [0.25, 0.3) is 0 Å². The van der Waals surface area contributed by atoms with E-state index in [-0.39, 0.29) is 30.7 Å². The number of nitrogens with zero attached hydrogens (tertiary/aromatic N) is 1. The maximum absolute atomic E-state index is 12.9. The summed E-state index contributed by atoms with van der Waals surface area (Å²) in [5.41, 5.74) is -0.904. The summed E-state index contributed by atoms with van der Waals surface area (Å²) in [7, 11) is 0. The average molecular weight is 344 g/mol. The van der Waals surface area contributed by atoms with Crippen molar-refractivity contribution in [3.05, 3.63) is 35.4 Å². The molecule has 1 aliphatic rings. The van der Waals surface area contributed by atoms with Crippen LogP contribution in [0.5, 0.6) is 0 Å². The summed E-state index contributed by atoms with van der Waals surface area (Å²) in [6, 6.07) is 5.15. The first kappa shape index (κ1) is 18.6. The zero-order chi connectivity index (χ0) is 18.0. The fourth-order valence-corrected chi connectivity index (χ4v) is 3.04. The van der Waals surface area contributed by atoms with Gasteiger partial charge in [-0.1, -0.05) is 18.2 Å². The molecule has 134 valence electrons. The molecular weight excluding hydrogens is 321 g/mol. The van der Waals surface area contributed by atoms with Gasteiger partial charge in [0, 0.05) is 13.1 Å². The van der Waals surface area contributed by atoms with Crippen LogP contribution in [0.1, 0.15) is 31.9 Å². The van der Waals surface area contributed by atoms with E-state index < -0.39 is 17.3 Å². The molecule has 2 amide bonds. The van der Waals surface area contributed by atoms with Gasteiger partial charge in [-0.05, 0) is 38.8 Å². The number of urea groups is 1. The molecule has 1 aliphatic heterocycles. The molecule has 0 aliphatic carbocycles. The highest BCUT2D eigenvalue weighted by molar-refractivity contribution is 5.74. The second-order valence-corrected chi connectivity index (χ2v) is 6.71. The van der Waals surface area contributed by atoms with E-state index in [1.165, 1.54) is 12.1 Å². The molecule has 0 saturated carbocycles. The number of carbonyl (C=O) groups excluding carboxylic acids is 1. The predicted molar refractivity (Wildman–Crippen MR) is 84.7 cm³/mol. The standard InChI is InChI=1S/C17H23F3N2O2/c1-12-10-22(11-16(2,3)24-12)15(23)21-9-8-13-6-4-5-7-14(13)17(18,19)20/h4-7,12H,8-11H2,1-3H3,(H,21,23)/t12-/m1/s1. The largest absolute Gasteiger partial charge is 0.416 e. The van der Waals surface area contributed by atoms with E-state index in [4.69, 9.17) is 4.74 Å². The van der Waals surface area contributed by atoms with Gasteiger partial charge in [0.2, 0.25) is 0 Å². The van der Waals surface area contributed by atoms with Gasteiger partial charge in [0.1, 0.15) is 0 Å². The lowest BCUT2D eigenvalue weighted by molar-refractivity contribution is -0.138. The summed E-state index contributed by atoms with van der Waals surface area (Å²) < 4.78 is 44.6. The van der Waals surface area contributed by atoms with E-state index in [2.05, 4.69) is 5.32 Å². The van der Waals surface area contributed by atoms with E-state index in [1.807, 2.05) is 20.8 Å². The summed E-state index contributed by atoms with van der Waals surface area (Å²) in [4.78, 5) is 13.9. The van der Waals surface area contributed by atoms with Crippen LogP contribution in [0.15, 0.2) is 24.3 Å². The van der Waals surface area contributed by atoms with Crippen LogP contribution in [0.25, 0.3) is 0 Å². The summed E-state index contributed by atoms with van der Waals surface area (Å²) in [6.45, 7) is 6.76. The maximum atomic E-state index is 12.9. The molecule has 1 saturated heterocycles. The third kappa shape index (κ3) is 4.87. The van der Waals surface area contributed by atoms with Crippen LogP contribution in [0, 0.1) is 0 Å². The minimum atomic E-state index is -4.38. The number of alkyl halides is 3. The van der Waals surface area contributed by atoms with E-state index >= 15 is 0 Å². The first-order valence-electron chi connectivity index (χ1n) is 7.94. The summed E-state index contributed by atoms with van der Waals surface area (Å²) in [5.74, 6) is 0. The summed E-state index contributed by atoms with van der Waals surface area (Å²) >= 11 is 0. The number of hydrogen-bond acceptors (Lipinski definition) is 2. The van der Waals surface area contributed by atoms with Crippen molar-refractivity contribution in [2.45, 2.75) is 45.1 Å². The second kappa shape index (κ2) is 7.01. The van der Waals surface area contributed by atoms with E-state index in [0.29, 0.717) is 13.1 Å². The number of amides is 2. The Kier molecular flexibility index (Phi) is 5.42. The van der Waals surface area contributed by atoms with E-state index in [1.54, 1.807) is 11.0 Å². The van der Waals surface area contributed by atoms with Crippen molar-refractivity contribution >= 4 is 6.03 Å². The summed E-state index contributed by atoms with van der Waals surface area (Å²) in [5, 5.41) is 2.70. The lowest BCUT2D eigenvalue weighted by Gasteiger charge is -2.41. The van der Waals surface area contributed by atoms with Crippen molar-refractivity contribution in [3.63, 3.8) is 0 Å². The molecule has 0 spiro atoms. The Labute approximate surface area is 140 Å². The van der Waals surface area contributed by atoms with Gasteiger partial charge in [-0.25, -0.2) is 4.79 Å². The number of halogens is 3. The highest BCUT2D eigenvalue weighted by Gasteiger charge is 2.34. The molecule has 1 aromatic rings. The van der Waals surface area contributed by atoms with Crippen molar-refractivity contribution in [1.82, 2.24) is 10.2 Å². The topological polar surface area (TPSA) is 41.6 Å². The molecule has 1 atom stereocenters. The van der Waals surface area contributed by atoms with Crippen LogP contribution >= 0.6 is 0 Å². The lowest BCUT2D eigenvalue weighted by atomic mass is 10.0. The molecule has 0 bridgehead atoms. The van der Waals surface area contributed by atoms with Gasteiger partial charge in [0.15, 0.2) is 0 Å². The Morgan fingerprint density at radius 3 is 2.67 bits per heavy atom. The van der Waals surface area contributed by atoms with Gasteiger partial charge in [-0.2, -0.15) is 13.2 Å². The molecule has 0 unspecified atom stereocenters. The summed E-state index contributed by atoms with van der Waals surface area (Å²) in [6.07, 6.45) is -4.33. The minimum Gasteiger partial charge on any atom is -0.369 e. The number of carbonyl (C=O) groups is 1. The lowest BCUT2D eigenvalue weighted by Crippen LogP contribution is -2.56. The smallest absolute Gasteiger partial charge is 0.369 e. The Morgan fingerprint density at radius 2 is 2.04 bits per heavy atom. The predicted octanol–water partition coefficient (Wildman–Crippen LogP) is 3.46. The second-order valence-electron chi connectivity index (χ2n) is 6.71. The third-order valence-corrected chi connectivity index (χ3v) is 3.85. The van der Waals surface area contributed by atoms with Crippen molar-refractivity contribution < 1.29 is 22.7 Å². The van der Waals surface area contributed by atoms with Crippen LogP contribution in [0.3, 0.4) is 0 Å². The highest BCUT2D eigenvalue weighted by Crippen LogP contribution is 2.31. The van der Waals surface area contributed by atoms with Crippen LogP contribution in [-0.2, 0) is 17.3 Å². The van der Waals surface area contributed by atoms with Crippen molar-refractivity contribution in [2.75, 3.05) is 19.6 Å². The van der Waals surface area contributed by atoms with Gasteiger partial charge in [0.05, 0.1) is 23.8 Å². The SMILES string of the molecule is C[C@@H]1CN(C(=O)NCCc2ccccc2C(F)(F)F)CC(C)(C)O1. The highest BCUT2D eigenvalue weighted by atomic mass is 19.4. The number of benzene rings is 1. The molecule has 1 aromatic carbocycles. The third-order valence-electron chi connectivity index (χ3n) is 3.85. The molecule has 0 radical (unpaired) electrons. The van der Waals surface area contributed by atoms with Crippen molar-refractivity contribution in [2.24, 2.45) is 0 Å². The Morgan fingerprint density at radius 1 is 1.38 bits per heavy atom. The van der Waals surface area contributed by atoms with Gasteiger partial charge in [-0.3, -0.25) is 0 Å². The Bertz CT molecular complexity index is 587. The van der Waals surface area contributed by atoms with Gasteiger partial charge < -0.3 is 15.0 Å². The number of hydrogen-bond donors (Lipinski definition) is 1. The van der Waals surface area contributed by atoms with Crippen LogP contribution < -0.4 is 5.32 Å². The van der Waals surface area contributed by atoms with Crippen LogP contribution in [0.4, 0.5) is 18.0 Å². The minimum absolute atomic E-state index is 0.0783. The van der Waals surface area contributed by atoms with Crippen LogP contribution in [0.2, 0.25) is 0 Å². The molecule has 1 N–H and O–H groups in total. The quantitative estimate of drug-likeness (QED) is 0.912. The molecule has 2 rings (SSSR count). The van der Waals surface area contributed by atoms with Crippen molar-refractivity contribution in [3.8, 4) is 0 Å². The molecule has 0 aromatic heterocycles. The fourth-order valence-electron chi connectivity index (χ4n) is 3.04. The maximum Gasteiger partial charge on any atom is 0.416 e. The van der Waals surface area contributed by atoms with E-state index in [9.17, 15) is 18.0 Å². The number of rotatable bonds is 3. The Balaban J connectivity index is 1.92. The fraction of sp³-hybridized carbons (Fsp3) is 0.588. The average Bonchev–Trinajstić information content (AvgIpc) is 2.44. The molecule has 1 fully saturated rings. The molecule has 7 heteroatoms. The van der Waals surface area contributed by atoms with Gasteiger partial charge in [-0.15, -0.1) is 0 Å². The number of nitrogens with one attached hydrogen (secondary N) is 1. The monoisotopic (exact) mass is 344 g/mol. The molecule has 24 heavy (non-hydrogen) atoms. The van der Waals surface area contributed by atoms with Crippen molar-refractivity contribution in [1.29, 1.82) is 0 Å². The number of morpholine rings is 1. The molecular formula is C17H23F3N2O2.